The zero-order valence-electron chi connectivity index (χ0n) is 10.1. The molecule has 1 aromatic rings. The Morgan fingerprint density at radius 3 is 2.40 bits per heavy atom. The number of ether oxygens (including phenoxy) is 1. The fraction of sp³-hybridized carbons (Fsp3) is 0.250. The lowest BCUT2D eigenvalue weighted by Gasteiger charge is -2.12. The smallest absolute Gasteiger partial charge is 0.428 e. The van der Waals surface area contributed by atoms with Crippen molar-refractivity contribution in [2.75, 3.05) is 0 Å². The summed E-state index contributed by atoms with van der Waals surface area (Å²) in [6, 6.07) is 4.71. The van der Waals surface area contributed by atoms with Gasteiger partial charge in [-0.05, 0) is 17.7 Å². The van der Waals surface area contributed by atoms with E-state index >= 15 is 0 Å². The molecule has 2 amide bonds. The van der Waals surface area contributed by atoms with E-state index in [9.17, 15) is 14.4 Å². The van der Waals surface area contributed by atoms with Crippen molar-refractivity contribution in [1.82, 2.24) is 5.06 Å². The number of hydrogen-bond acceptors (Lipinski definition) is 5. The van der Waals surface area contributed by atoms with Crippen LogP contribution in [0.2, 0.25) is 10.0 Å². The fourth-order valence-corrected chi connectivity index (χ4v) is 1.85. The van der Waals surface area contributed by atoms with Gasteiger partial charge in [-0.25, -0.2) is 4.79 Å². The number of nitrogens with zero attached hydrogens (tertiary/aromatic N) is 1. The Hall–Kier alpha value is -1.79. The minimum absolute atomic E-state index is 0.0267. The Kier molecular flexibility index (Phi) is 4.46. The molecular weight excluding hydrogens is 309 g/mol. The van der Waals surface area contributed by atoms with Gasteiger partial charge in [0, 0.05) is 12.8 Å². The number of carbonyl (C=O) groups excluding carboxylic acids is 3. The van der Waals surface area contributed by atoms with Crippen LogP contribution < -0.4 is 0 Å². The number of amides is 2. The largest absolute Gasteiger partial charge is 0.534 e. The summed E-state index contributed by atoms with van der Waals surface area (Å²) in [5, 5.41) is 1.12. The molecule has 0 atom stereocenters. The van der Waals surface area contributed by atoms with E-state index < -0.39 is 18.0 Å². The first-order chi connectivity index (χ1) is 9.47. The predicted molar refractivity (Wildman–Crippen MR) is 68.8 cm³/mol. The highest BCUT2D eigenvalue weighted by molar-refractivity contribution is 6.42. The summed E-state index contributed by atoms with van der Waals surface area (Å²) in [4.78, 5) is 38.3. The summed E-state index contributed by atoms with van der Waals surface area (Å²) >= 11 is 11.5. The molecule has 0 aromatic heterocycles. The average molecular weight is 318 g/mol. The Bertz CT molecular complexity index is 559. The zero-order valence-corrected chi connectivity index (χ0v) is 11.6. The van der Waals surface area contributed by atoms with Crippen LogP contribution in [0, 0.1) is 0 Å². The molecule has 0 aliphatic carbocycles. The van der Waals surface area contributed by atoms with E-state index in [-0.39, 0.29) is 19.4 Å². The van der Waals surface area contributed by atoms with Gasteiger partial charge in [0.15, 0.2) is 0 Å². The van der Waals surface area contributed by atoms with Gasteiger partial charge < -0.3 is 4.74 Å². The lowest BCUT2D eigenvalue weighted by molar-refractivity contribution is -0.177. The van der Waals surface area contributed by atoms with Gasteiger partial charge in [0.05, 0.1) is 10.0 Å². The Labute approximate surface area is 124 Å². The van der Waals surface area contributed by atoms with Gasteiger partial charge in [0.25, 0.3) is 11.8 Å². The molecule has 0 radical (unpaired) electrons. The van der Waals surface area contributed by atoms with Gasteiger partial charge >= 0.3 is 6.16 Å². The minimum Gasteiger partial charge on any atom is -0.428 e. The summed E-state index contributed by atoms with van der Waals surface area (Å²) < 4.78 is 4.77. The number of hydroxylamine groups is 2. The van der Waals surface area contributed by atoms with E-state index in [0.29, 0.717) is 20.7 Å². The molecule has 0 unspecified atom stereocenters. The maximum Gasteiger partial charge on any atom is 0.534 e. The van der Waals surface area contributed by atoms with Crippen LogP contribution in [0.25, 0.3) is 0 Å². The number of hydrogen-bond donors (Lipinski definition) is 0. The molecule has 6 nitrogen and oxygen atoms in total. The molecular formula is C12H9Cl2NO5. The van der Waals surface area contributed by atoms with Crippen LogP contribution in [-0.4, -0.2) is 23.0 Å². The predicted octanol–water partition coefficient (Wildman–Crippen LogP) is 2.71. The molecule has 1 aromatic carbocycles. The second-order valence-electron chi connectivity index (χ2n) is 3.96. The number of benzene rings is 1. The number of carbonyl (C=O) groups is 3. The van der Waals surface area contributed by atoms with Crippen molar-refractivity contribution in [1.29, 1.82) is 0 Å². The van der Waals surface area contributed by atoms with Gasteiger partial charge in [-0.15, -0.1) is 0 Å². The van der Waals surface area contributed by atoms with Gasteiger partial charge in [0.2, 0.25) is 0 Å². The van der Waals surface area contributed by atoms with Crippen molar-refractivity contribution in [3.8, 4) is 0 Å². The van der Waals surface area contributed by atoms with E-state index in [0.717, 1.165) is 0 Å². The third-order valence-corrected chi connectivity index (χ3v) is 3.25. The molecule has 1 aliphatic rings. The molecule has 20 heavy (non-hydrogen) atoms. The number of halogens is 2. The van der Waals surface area contributed by atoms with Gasteiger partial charge in [-0.2, -0.15) is 0 Å². The second kappa shape index (κ2) is 6.11. The van der Waals surface area contributed by atoms with Gasteiger partial charge in [0.1, 0.15) is 6.61 Å². The summed E-state index contributed by atoms with van der Waals surface area (Å²) in [5.74, 6) is -1.14. The summed E-state index contributed by atoms with van der Waals surface area (Å²) in [6.45, 7) is -0.119. The number of imide groups is 1. The van der Waals surface area contributed by atoms with E-state index in [2.05, 4.69) is 4.84 Å². The maximum absolute atomic E-state index is 11.4. The van der Waals surface area contributed by atoms with Crippen LogP contribution in [0.1, 0.15) is 18.4 Å². The maximum atomic E-state index is 11.4. The molecule has 2 rings (SSSR count). The third kappa shape index (κ3) is 3.40. The third-order valence-electron chi connectivity index (χ3n) is 2.51. The van der Waals surface area contributed by atoms with E-state index in [4.69, 9.17) is 27.9 Å². The lowest BCUT2D eigenvalue weighted by Crippen LogP contribution is -2.32. The van der Waals surface area contributed by atoms with Crippen LogP contribution in [0.3, 0.4) is 0 Å². The summed E-state index contributed by atoms with van der Waals surface area (Å²) in [7, 11) is 0. The monoisotopic (exact) mass is 317 g/mol. The summed E-state index contributed by atoms with van der Waals surface area (Å²) in [6.07, 6.45) is -1.09. The topological polar surface area (TPSA) is 72.9 Å². The number of rotatable bonds is 3. The highest BCUT2D eigenvalue weighted by Gasteiger charge is 2.33. The SMILES string of the molecule is O=C(OCc1ccc(Cl)c(Cl)c1)ON1C(=O)CCC1=O. The quantitative estimate of drug-likeness (QED) is 0.633. The van der Waals surface area contributed by atoms with E-state index in [1.54, 1.807) is 12.1 Å². The van der Waals surface area contributed by atoms with Gasteiger partial charge in [-0.3, -0.25) is 14.4 Å². The fourth-order valence-electron chi connectivity index (χ4n) is 1.53. The van der Waals surface area contributed by atoms with Crippen molar-refractivity contribution in [2.24, 2.45) is 0 Å². The van der Waals surface area contributed by atoms with Crippen LogP contribution in [0.15, 0.2) is 18.2 Å². The highest BCUT2D eigenvalue weighted by Crippen LogP contribution is 2.23. The van der Waals surface area contributed by atoms with Crippen molar-refractivity contribution in [3.05, 3.63) is 33.8 Å². The van der Waals surface area contributed by atoms with Crippen molar-refractivity contribution in [3.63, 3.8) is 0 Å². The molecule has 0 saturated carbocycles. The first kappa shape index (κ1) is 14.6. The van der Waals surface area contributed by atoms with Crippen LogP contribution in [0.5, 0.6) is 0 Å². The molecule has 0 N–H and O–H groups in total. The molecule has 8 heteroatoms. The Balaban J connectivity index is 1.87. The normalized spacial score (nSPS) is 14.6. The molecule has 1 saturated heterocycles. The highest BCUT2D eigenvalue weighted by atomic mass is 35.5. The summed E-state index contributed by atoms with van der Waals surface area (Å²) in [5.41, 5.74) is 0.593. The average Bonchev–Trinajstić information content (AvgIpc) is 2.72. The van der Waals surface area contributed by atoms with E-state index in [1.807, 2.05) is 0 Å². The van der Waals surface area contributed by atoms with Crippen LogP contribution in [0.4, 0.5) is 4.79 Å². The van der Waals surface area contributed by atoms with Crippen LogP contribution in [-0.2, 0) is 25.8 Å². The molecule has 0 bridgehead atoms. The van der Waals surface area contributed by atoms with Gasteiger partial charge in [-0.1, -0.05) is 34.3 Å². The van der Waals surface area contributed by atoms with Crippen LogP contribution >= 0.6 is 23.2 Å². The first-order valence-electron chi connectivity index (χ1n) is 5.62. The lowest BCUT2D eigenvalue weighted by atomic mass is 10.2. The van der Waals surface area contributed by atoms with E-state index in [1.165, 1.54) is 6.07 Å². The van der Waals surface area contributed by atoms with Crippen molar-refractivity contribution >= 4 is 41.2 Å². The second-order valence-corrected chi connectivity index (χ2v) is 4.77. The zero-order chi connectivity index (χ0) is 14.7. The Morgan fingerprint density at radius 2 is 1.80 bits per heavy atom. The molecule has 1 heterocycles. The molecule has 0 spiro atoms. The van der Waals surface area contributed by atoms with Crippen molar-refractivity contribution in [2.45, 2.75) is 19.4 Å². The Morgan fingerprint density at radius 1 is 1.15 bits per heavy atom. The minimum atomic E-state index is -1.14. The van der Waals surface area contributed by atoms with Crippen molar-refractivity contribution < 1.29 is 24.0 Å². The molecule has 1 aliphatic heterocycles. The molecule has 106 valence electrons. The standard InChI is InChI=1S/C12H9Cl2NO5/c13-8-2-1-7(5-9(8)14)6-19-12(18)20-15-10(16)3-4-11(15)17/h1-2,5H,3-4,6H2. The molecule has 1 fully saturated rings. The first-order valence-corrected chi connectivity index (χ1v) is 6.37.